The molecule has 2 aromatic carbocycles. The van der Waals surface area contributed by atoms with Crippen molar-refractivity contribution in [2.24, 2.45) is 0 Å². The quantitative estimate of drug-likeness (QED) is 0.746. The molecule has 0 saturated carbocycles. The minimum atomic E-state index is -0.818. The van der Waals surface area contributed by atoms with Crippen LogP contribution in [-0.2, 0) is 11.3 Å². The van der Waals surface area contributed by atoms with Gasteiger partial charge in [-0.1, -0.05) is 48.5 Å². The lowest BCUT2D eigenvalue weighted by Crippen LogP contribution is -2.43. The van der Waals surface area contributed by atoms with Crippen LogP contribution in [0.5, 0.6) is 5.75 Å². The van der Waals surface area contributed by atoms with Crippen LogP contribution in [0.3, 0.4) is 0 Å². The largest absolute Gasteiger partial charge is 0.488 e. The fourth-order valence-electron chi connectivity index (χ4n) is 2.31. The lowest BCUT2D eigenvalue weighted by molar-refractivity contribution is -0.131. The van der Waals surface area contributed by atoms with Crippen LogP contribution >= 0.6 is 11.6 Å². The minimum absolute atomic E-state index is 0.118. The molecule has 0 fully saturated rings. The highest BCUT2D eigenvalue weighted by Crippen LogP contribution is 2.14. The molecule has 0 aliphatic rings. The van der Waals surface area contributed by atoms with Crippen molar-refractivity contribution in [3.8, 4) is 5.75 Å². The first-order chi connectivity index (χ1) is 11.6. The Balaban J connectivity index is 1.98. The summed E-state index contributed by atoms with van der Waals surface area (Å²) in [6.07, 6.45) is -1.27. The number of carbonyl (C=O) groups excluding carboxylic acids is 1. The van der Waals surface area contributed by atoms with Crippen molar-refractivity contribution in [2.75, 3.05) is 12.4 Å². The molecule has 128 valence electrons. The topological polar surface area (TPSA) is 49.8 Å². The minimum Gasteiger partial charge on any atom is -0.488 e. The monoisotopic (exact) mass is 347 g/mol. The van der Waals surface area contributed by atoms with Crippen LogP contribution in [-0.4, -0.2) is 40.5 Å². The second kappa shape index (κ2) is 9.30. The molecule has 1 N–H and O–H groups in total. The van der Waals surface area contributed by atoms with Crippen molar-refractivity contribution in [3.63, 3.8) is 0 Å². The van der Waals surface area contributed by atoms with E-state index in [9.17, 15) is 9.90 Å². The van der Waals surface area contributed by atoms with Crippen LogP contribution in [0.15, 0.2) is 60.7 Å². The highest BCUT2D eigenvalue weighted by molar-refractivity contribution is 6.27. The first-order valence-electron chi connectivity index (χ1n) is 7.87. The van der Waals surface area contributed by atoms with Gasteiger partial charge < -0.3 is 14.7 Å². The van der Waals surface area contributed by atoms with Crippen molar-refractivity contribution in [1.82, 2.24) is 4.90 Å². The van der Waals surface area contributed by atoms with E-state index in [2.05, 4.69) is 0 Å². The summed E-state index contributed by atoms with van der Waals surface area (Å²) >= 11 is 5.70. The number of halogens is 1. The van der Waals surface area contributed by atoms with Gasteiger partial charge in [0.05, 0.1) is 6.54 Å². The van der Waals surface area contributed by atoms with Crippen molar-refractivity contribution < 1.29 is 14.6 Å². The molecule has 1 amide bonds. The number of hydrogen-bond donors (Lipinski definition) is 1. The summed E-state index contributed by atoms with van der Waals surface area (Å²) in [7, 11) is 0. The van der Waals surface area contributed by atoms with Gasteiger partial charge in [0.2, 0.25) is 5.91 Å². The van der Waals surface area contributed by atoms with E-state index < -0.39 is 12.2 Å². The molecule has 5 heteroatoms. The second-order valence-electron chi connectivity index (χ2n) is 5.60. The fraction of sp³-hybridized carbons (Fsp3) is 0.316. The van der Waals surface area contributed by atoms with E-state index in [0.717, 1.165) is 5.56 Å². The number of alkyl halides is 1. The first kappa shape index (κ1) is 18.3. The number of aliphatic hydroxyl groups is 1. The Kier molecular flexibility index (Phi) is 7.09. The predicted molar refractivity (Wildman–Crippen MR) is 95.1 cm³/mol. The molecule has 0 saturated heterocycles. The Bertz CT molecular complexity index is 621. The Morgan fingerprint density at radius 1 is 1.12 bits per heavy atom. The zero-order valence-corrected chi connectivity index (χ0v) is 14.4. The van der Waals surface area contributed by atoms with Gasteiger partial charge in [-0.05, 0) is 24.6 Å². The lowest BCUT2D eigenvalue weighted by Gasteiger charge is -2.28. The van der Waals surface area contributed by atoms with Gasteiger partial charge in [0.15, 0.2) is 0 Å². The third-order valence-corrected chi connectivity index (χ3v) is 3.93. The standard InChI is InChI=1S/C19H22ClNO3/c1-15(24-17-10-6-3-7-11-17)18(22)14-21(19(23)12-20)13-16-8-4-2-5-9-16/h2-11,15,18,22H,12-14H2,1H3. The zero-order valence-electron chi connectivity index (χ0n) is 13.6. The highest BCUT2D eigenvalue weighted by Gasteiger charge is 2.22. The molecule has 2 atom stereocenters. The Hall–Kier alpha value is -2.04. The van der Waals surface area contributed by atoms with Crippen LogP contribution in [0.4, 0.5) is 0 Å². The van der Waals surface area contributed by atoms with Gasteiger partial charge >= 0.3 is 0 Å². The molecular formula is C19H22ClNO3. The number of benzene rings is 2. The molecule has 0 bridgehead atoms. The van der Waals surface area contributed by atoms with Crippen molar-refractivity contribution in [2.45, 2.75) is 25.7 Å². The number of hydrogen-bond acceptors (Lipinski definition) is 3. The number of rotatable bonds is 8. The molecule has 0 radical (unpaired) electrons. The molecule has 2 rings (SSSR count). The van der Waals surface area contributed by atoms with Crippen molar-refractivity contribution >= 4 is 17.5 Å². The average molecular weight is 348 g/mol. The molecule has 0 aliphatic heterocycles. The molecular weight excluding hydrogens is 326 g/mol. The first-order valence-corrected chi connectivity index (χ1v) is 8.41. The molecule has 2 aromatic rings. The van der Waals surface area contributed by atoms with Gasteiger partial charge in [-0.2, -0.15) is 0 Å². The van der Waals surface area contributed by atoms with E-state index in [4.69, 9.17) is 16.3 Å². The number of para-hydroxylation sites is 1. The maximum atomic E-state index is 12.1. The maximum absolute atomic E-state index is 12.1. The van der Waals surface area contributed by atoms with Gasteiger partial charge in [-0.15, -0.1) is 11.6 Å². The van der Waals surface area contributed by atoms with E-state index in [1.807, 2.05) is 60.7 Å². The van der Waals surface area contributed by atoms with Crippen LogP contribution in [0.25, 0.3) is 0 Å². The maximum Gasteiger partial charge on any atom is 0.237 e. The molecule has 0 aromatic heterocycles. The Morgan fingerprint density at radius 2 is 1.71 bits per heavy atom. The fourth-order valence-corrected chi connectivity index (χ4v) is 2.48. The van der Waals surface area contributed by atoms with Crippen LogP contribution in [0.2, 0.25) is 0 Å². The van der Waals surface area contributed by atoms with Crippen molar-refractivity contribution in [1.29, 1.82) is 0 Å². The highest BCUT2D eigenvalue weighted by atomic mass is 35.5. The molecule has 0 heterocycles. The number of nitrogens with zero attached hydrogens (tertiary/aromatic N) is 1. The van der Waals surface area contributed by atoms with Crippen LogP contribution in [0, 0.1) is 0 Å². The van der Waals surface area contributed by atoms with Crippen molar-refractivity contribution in [3.05, 3.63) is 66.2 Å². The van der Waals surface area contributed by atoms with E-state index in [-0.39, 0.29) is 18.3 Å². The van der Waals surface area contributed by atoms with E-state index in [1.54, 1.807) is 11.8 Å². The molecule has 4 nitrogen and oxygen atoms in total. The molecule has 2 unspecified atom stereocenters. The molecule has 24 heavy (non-hydrogen) atoms. The summed E-state index contributed by atoms with van der Waals surface area (Å²) in [6, 6.07) is 18.9. The number of carbonyl (C=O) groups is 1. The third kappa shape index (κ3) is 5.55. The van der Waals surface area contributed by atoms with Gasteiger partial charge in [0.1, 0.15) is 23.8 Å². The van der Waals surface area contributed by atoms with Gasteiger partial charge in [0.25, 0.3) is 0 Å². The van der Waals surface area contributed by atoms with Crippen LogP contribution < -0.4 is 4.74 Å². The molecule has 0 spiro atoms. The van der Waals surface area contributed by atoms with E-state index in [1.165, 1.54) is 0 Å². The predicted octanol–water partition coefficient (Wildman–Crippen LogP) is 3.08. The lowest BCUT2D eigenvalue weighted by atomic mass is 10.1. The van der Waals surface area contributed by atoms with E-state index in [0.29, 0.717) is 12.3 Å². The van der Waals surface area contributed by atoms with E-state index >= 15 is 0 Å². The third-order valence-electron chi connectivity index (χ3n) is 3.70. The average Bonchev–Trinajstić information content (AvgIpc) is 2.62. The second-order valence-corrected chi connectivity index (χ2v) is 5.86. The van der Waals surface area contributed by atoms with Crippen LogP contribution in [0.1, 0.15) is 12.5 Å². The zero-order chi connectivity index (χ0) is 17.4. The Labute approximate surface area is 147 Å². The summed E-state index contributed by atoms with van der Waals surface area (Å²) in [5, 5.41) is 10.4. The number of amides is 1. The summed E-state index contributed by atoms with van der Waals surface area (Å²) < 4.78 is 5.72. The SMILES string of the molecule is CC(Oc1ccccc1)C(O)CN(Cc1ccccc1)C(=O)CCl. The normalized spacial score (nSPS) is 13.1. The number of aliphatic hydroxyl groups excluding tert-OH is 1. The van der Waals surface area contributed by atoms with Gasteiger partial charge in [-0.3, -0.25) is 4.79 Å². The summed E-state index contributed by atoms with van der Waals surface area (Å²) in [4.78, 5) is 13.6. The van der Waals surface area contributed by atoms with Gasteiger partial charge in [0, 0.05) is 6.54 Å². The smallest absolute Gasteiger partial charge is 0.237 e. The molecule has 0 aliphatic carbocycles. The summed E-state index contributed by atoms with van der Waals surface area (Å²) in [5.41, 5.74) is 0.986. The summed E-state index contributed by atoms with van der Waals surface area (Å²) in [5.74, 6) is 0.349. The number of ether oxygens (including phenoxy) is 1. The Morgan fingerprint density at radius 3 is 2.29 bits per heavy atom. The van der Waals surface area contributed by atoms with Gasteiger partial charge in [-0.25, -0.2) is 0 Å². The summed E-state index contributed by atoms with van der Waals surface area (Å²) in [6.45, 7) is 2.35.